The molecule has 0 radical (unpaired) electrons. The summed E-state index contributed by atoms with van der Waals surface area (Å²) in [4.78, 5) is 32.2. The molecule has 0 saturated heterocycles. The number of nitrogens with one attached hydrogen (secondary N) is 1. The van der Waals surface area contributed by atoms with E-state index in [1.54, 1.807) is 4.57 Å². The first-order chi connectivity index (χ1) is 14.4. The molecule has 1 N–H and O–H groups in total. The zero-order valence-corrected chi connectivity index (χ0v) is 17.8. The lowest BCUT2D eigenvalue weighted by Gasteiger charge is -2.21. The summed E-state index contributed by atoms with van der Waals surface area (Å²) < 4.78 is 1.69. The van der Waals surface area contributed by atoms with E-state index in [1.807, 2.05) is 63.2 Å². The number of aryl methyl sites for hydroxylation is 3. The molecule has 1 saturated carbocycles. The number of aromatic nitrogens is 2. The van der Waals surface area contributed by atoms with Gasteiger partial charge in [0, 0.05) is 24.7 Å². The van der Waals surface area contributed by atoms with E-state index in [0.717, 1.165) is 40.7 Å². The van der Waals surface area contributed by atoms with Crippen molar-refractivity contribution in [1.29, 1.82) is 0 Å². The van der Waals surface area contributed by atoms with E-state index in [2.05, 4.69) is 15.2 Å². The van der Waals surface area contributed by atoms with Gasteiger partial charge >= 0.3 is 0 Å². The van der Waals surface area contributed by atoms with Crippen LogP contribution in [0.1, 0.15) is 41.0 Å². The van der Waals surface area contributed by atoms with Crippen molar-refractivity contribution in [1.82, 2.24) is 14.5 Å². The van der Waals surface area contributed by atoms with Crippen molar-refractivity contribution in [3.63, 3.8) is 0 Å². The summed E-state index contributed by atoms with van der Waals surface area (Å²) in [5.74, 6) is 0.681. The van der Waals surface area contributed by atoms with Gasteiger partial charge in [-0.2, -0.15) is 0 Å². The quantitative estimate of drug-likeness (QED) is 0.644. The van der Waals surface area contributed by atoms with Gasteiger partial charge < -0.3 is 5.32 Å². The first-order valence-electron chi connectivity index (χ1n) is 10.5. The van der Waals surface area contributed by atoms with E-state index in [0.29, 0.717) is 31.4 Å². The van der Waals surface area contributed by atoms with Gasteiger partial charge in [0.1, 0.15) is 5.82 Å². The van der Waals surface area contributed by atoms with Crippen molar-refractivity contribution in [2.75, 3.05) is 18.4 Å². The van der Waals surface area contributed by atoms with E-state index in [1.165, 1.54) is 0 Å². The number of nitrogens with zero attached hydrogens (tertiary/aromatic N) is 3. The molecule has 1 aliphatic rings. The third-order valence-corrected chi connectivity index (χ3v) is 5.67. The second kappa shape index (κ2) is 8.40. The monoisotopic (exact) mass is 404 g/mol. The summed E-state index contributed by atoms with van der Waals surface area (Å²) in [6.07, 6.45) is 2.52. The minimum atomic E-state index is -0.0349. The summed E-state index contributed by atoms with van der Waals surface area (Å²) in [5.41, 5.74) is 4.68. The van der Waals surface area contributed by atoms with Gasteiger partial charge in [-0.3, -0.25) is 19.1 Å². The molecule has 2 aromatic carbocycles. The van der Waals surface area contributed by atoms with Crippen LogP contribution in [0.15, 0.2) is 42.5 Å². The van der Waals surface area contributed by atoms with Crippen LogP contribution in [0.2, 0.25) is 0 Å². The predicted molar refractivity (Wildman–Crippen MR) is 119 cm³/mol. The van der Waals surface area contributed by atoms with Gasteiger partial charge in [-0.25, -0.2) is 4.98 Å². The molecule has 30 heavy (non-hydrogen) atoms. The fourth-order valence-electron chi connectivity index (χ4n) is 3.89. The molecule has 3 aromatic rings. The van der Waals surface area contributed by atoms with E-state index in [9.17, 15) is 9.59 Å². The third kappa shape index (κ3) is 4.44. The minimum absolute atomic E-state index is 0.0155. The maximum absolute atomic E-state index is 12.9. The number of imidazole rings is 1. The Labute approximate surface area is 176 Å². The van der Waals surface area contributed by atoms with E-state index in [4.69, 9.17) is 0 Å². The Morgan fingerprint density at radius 2 is 1.90 bits per heavy atom. The molecule has 6 nitrogen and oxygen atoms in total. The van der Waals surface area contributed by atoms with Gasteiger partial charge in [0.25, 0.3) is 0 Å². The smallest absolute Gasteiger partial charge is 0.238 e. The van der Waals surface area contributed by atoms with Crippen molar-refractivity contribution in [3.05, 3.63) is 59.4 Å². The van der Waals surface area contributed by atoms with Crippen LogP contribution in [-0.2, 0) is 4.79 Å². The first kappa shape index (κ1) is 20.3. The number of benzene rings is 2. The van der Waals surface area contributed by atoms with Gasteiger partial charge in [-0.05, 0) is 62.9 Å². The number of hydrogen-bond donors (Lipinski definition) is 1. The SMILES string of the molecule is Cc1ccc(C)c(NC(=O)CN(CCC(=O)n2c(C)nc3ccccc32)C2CC2)c1. The Bertz CT molecular complexity index is 1100. The highest BCUT2D eigenvalue weighted by atomic mass is 16.2. The van der Waals surface area contributed by atoms with E-state index < -0.39 is 0 Å². The molecule has 6 heteroatoms. The van der Waals surface area contributed by atoms with Crippen molar-refractivity contribution >= 4 is 28.5 Å². The Morgan fingerprint density at radius 1 is 1.13 bits per heavy atom. The second-order valence-electron chi connectivity index (χ2n) is 8.20. The number of hydrogen-bond acceptors (Lipinski definition) is 4. The van der Waals surface area contributed by atoms with E-state index >= 15 is 0 Å². The molecule has 0 spiro atoms. The Morgan fingerprint density at radius 3 is 2.67 bits per heavy atom. The molecule has 1 aromatic heterocycles. The Kier molecular flexibility index (Phi) is 5.68. The third-order valence-electron chi connectivity index (χ3n) is 5.67. The summed E-state index contributed by atoms with van der Waals surface area (Å²) in [6.45, 7) is 6.72. The van der Waals surface area contributed by atoms with Crippen LogP contribution in [0.25, 0.3) is 11.0 Å². The molecule has 1 amide bonds. The maximum Gasteiger partial charge on any atom is 0.238 e. The predicted octanol–water partition coefficient (Wildman–Crippen LogP) is 4.09. The zero-order chi connectivity index (χ0) is 21.3. The van der Waals surface area contributed by atoms with Gasteiger partial charge in [0.15, 0.2) is 0 Å². The molecule has 4 rings (SSSR count). The minimum Gasteiger partial charge on any atom is -0.325 e. The van der Waals surface area contributed by atoms with Crippen LogP contribution in [0, 0.1) is 20.8 Å². The van der Waals surface area contributed by atoms with Crippen LogP contribution in [0.5, 0.6) is 0 Å². The average Bonchev–Trinajstić information content (AvgIpc) is 3.49. The average molecular weight is 405 g/mol. The molecule has 0 unspecified atom stereocenters. The number of carbonyl (C=O) groups excluding carboxylic acids is 2. The molecule has 1 fully saturated rings. The summed E-state index contributed by atoms with van der Waals surface area (Å²) in [7, 11) is 0. The Balaban J connectivity index is 1.40. The second-order valence-corrected chi connectivity index (χ2v) is 8.20. The molecular formula is C24H28N4O2. The summed E-state index contributed by atoms with van der Waals surface area (Å²) >= 11 is 0. The summed E-state index contributed by atoms with van der Waals surface area (Å²) in [5, 5.41) is 3.03. The van der Waals surface area contributed by atoms with Crippen LogP contribution in [0.3, 0.4) is 0 Å². The standard InChI is InChI=1S/C24H28N4O2/c1-16-8-9-17(2)21(14-16)26-23(29)15-27(19-10-11-19)13-12-24(30)28-18(3)25-20-6-4-5-7-22(20)28/h4-9,14,19H,10-13,15H2,1-3H3,(H,26,29). The molecule has 1 heterocycles. The number of fused-ring (bicyclic) bond motifs is 1. The van der Waals surface area contributed by atoms with Crippen molar-refractivity contribution in [2.24, 2.45) is 0 Å². The molecule has 0 atom stereocenters. The number of anilines is 1. The topological polar surface area (TPSA) is 67.2 Å². The van der Waals surface area contributed by atoms with Gasteiger partial charge in [0.2, 0.25) is 11.8 Å². The van der Waals surface area contributed by atoms with Crippen LogP contribution >= 0.6 is 0 Å². The van der Waals surface area contributed by atoms with Gasteiger partial charge in [0.05, 0.1) is 17.6 Å². The number of amides is 1. The highest BCUT2D eigenvalue weighted by Gasteiger charge is 2.30. The Hall–Kier alpha value is -2.99. The summed E-state index contributed by atoms with van der Waals surface area (Å²) in [6, 6.07) is 14.1. The molecular weight excluding hydrogens is 376 g/mol. The number of carbonyl (C=O) groups is 2. The fraction of sp³-hybridized carbons (Fsp3) is 0.375. The van der Waals surface area contributed by atoms with Crippen molar-refractivity contribution in [2.45, 2.75) is 46.1 Å². The highest BCUT2D eigenvalue weighted by molar-refractivity contribution is 5.93. The largest absolute Gasteiger partial charge is 0.325 e. The molecule has 1 aliphatic carbocycles. The first-order valence-corrected chi connectivity index (χ1v) is 10.5. The number of rotatable bonds is 7. The fourth-order valence-corrected chi connectivity index (χ4v) is 3.89. The van der Waals surface area contributed by atoms with Crippen LogP contribution in [0.4, 0.5) is 5.69 Å². The molecule has 0 bridgehead atoms. The lowest BCUT2D eigenvalue weighted by molar-refractivity contribution is -0.117. The normalized spacial score (nSPS) is 13.7. The number of para-hydroxylation sites is 2. The van der Waals surface area contributed by atoms with Gasteiger partial charge in [-0.15, -0.1) is 0 Å². The lowest BCUT2D eigenvalue weighted by Crippen LogP contribution is -2.37. The van der Waals surface area contributed by atoms with E-state index in [-0.39, 0.29) is 11.8 Å². The van der Waals surface area contributed by atoms with Crippen LogP contribution in [-0.4, -0.2) is 45.4 Å². The highest BCUT2D eigenvalue weighted by Crippen LogP contribution is 2.27. The maximum atomic E-state index is 12.9. The van der Waals surface area contributed by atoms with Crippen molar-refractivity contribution in [3.8, 4) is 0 Å². The van der Waals surface area contributed by atoms with Crippen LogP contribution < -0.4 is 5.32 Å². The lowest BCUT2D eigenvalue weighted by atomic mass is 10.1. The molecule has 156 valence electrons. The molecule has 0 aliphatic heterocycles. The van der Waals surface area contributed by atoms with Crippen molar-refractivity contribution < 1.29 is 9.59 Å². The van der Waals surface area contributed by atoms with Gasteiger partial charge in [-0.1, -0.05) is 24.3 Å². The zero-order valence-electron chi connectivity index (χ0n) is 17.8.